The van der Waals surface area contributed by atoms with Crippen LogP contribution < -0.4 is 5.32 Å². The standard InChI is InChI=1S/C15H30N2/c1-4-8-15(9-5-10-16-15)12-17(13(2)3)11-14-6-7-14/h13-14,16H,4-12H2,1-3H3. The van der Waals surface area contributed by atoms with Crippen molar-refractivity contribution in [3.05, 3.63) is 0 Å². The van der Waals surface area contributed by atoms with E-state index >= 15 is 0 Å². The number of hydrogen-bond donors (Lipinski definition) is 1. The second-order valence-corrected chi connectivity index (χ2v) is 6.53. The second kappa shape index (κ2) is 5.71. The van der Waals surface area contributed by atoms with Crippen molar-refractivity contribution in [1.82, 2.24) is 10.2 Å². The summed E-state index contributed by atoms with van der Waals surface area (Å²) in [6, 6.07) is 0.701. The molecule has 0 spiro atoms. The molecule has 1 aliphatic carbocycles. The Balaban J connectivity index is 1.92. The second-order valence-electron chi connectivity index (χ2n) is 6.53. The van der Waals surface area contributed by atoms with E-state index in [1.54, 1.807) is 0 Å². The highest BCUT2D eigenvalue weighted by atomic mass is 15.2. The molecule has 1 saturated carbocycles. The molecule has 1 saturated heterocycles. The highest BCUT2D eigenvalue weighted by molar-refractivity contribution is 4.96. The van der Waals surface area contributed by atoms with Crippen molar-refractivity contribution in [2.24, 2.45) is 5.92 Å². The summed E-state index contributed by atoms with van der Waals surface area (Å²) in [6.07, 6.45) is 8.35. The summed E-state index contributed by atoms with van der Waals surface area (Å²) in [4.78, 5) is 2.73. The lowest BCUT2D eigenvalue weighted by Crippen LogP contribution is -2.52. The van der Waals surface area contributed by atoms with Crippen LogP contribution in [0.4, 0.5) is 0 Å². The lowest BCUT2D eigenvalue weighted by atomic mass is 9.90. The van der Waals surface area contributed by atoms with E-state index in [1.165, 1.54) is 58.2 Å². The van der Waals surface area contributed by atoms with Gasteiger partial charge in [0, 0.05) is 24.7 Å². The topological polar surface area (TPSA) is 15.3 Å². The molecule has 0 aromatic heterocycles. The summed E-state index contributed by atoms with van der Waals surface area (Å²) >= 11 is 0. The van der Waals surface area contributed by atoms with Gasteiger partial charge in [-0.1, -0.05) is 13.3 Å². The lowest BCUT2D eigenvalue weighted by Gasteiger charge is -2.38. The third-order valence-corrected chi connectivity index (χ3v) is 4.49. The number of nitrogens with one attached hydrogen (secondary N) is 1. The minimum Gasteiger partial charge on any atom is -0.310 e. The average molecular weight is 238 g/mol. The fourth-order valence-electron chi connectivity index (χ4n) is 3.25. The zero-order valence-electron chi connectivity index (χ0n) is 12.0. The zero-order valence-corrected chi connectivity index (χ0v) is 12.0. The minimum atomic E-state index is 0.438. The molecular formula is C15H30N2. The first-order valence-corrected chi connectivity index (χ1v) is 7.64. The Kier molecular flexibility index (Phi) is 4.48. The molecule has 0 aromatic carbocycles. The first kappa shape index (κ1) is 13.4. The number of hydrogen-bond acceptors (Lipinski definition) is 2. The molecule has 2 fully saturated rings. The highest BCUT2D eigenvalue weighted by Crippen LogP contribution is 2.32. The van der Waals surface area contributed by atoms with Gasteiger partial charge in [-0.3, -0.25) is 4.90 Å². The van der Waals surface area contributed by atoms with E-state index in [0.717, 1.165) is 5.92 Å². The largest absolute Gasteiger partial charge is 0.310 e. The Morgan fingerprint density at radius 2 is 2.12 bits per heavy atom. The van der Waals surface area contributed by atoms with Crippen LogP contribution in [0.2, 0.25) is 0 Å². The smallest absolute Gasteiger partial charge is 0.0309 e. The monoisotopic (exact) mass is 238 g/mol. The van der Waals surface area contributed by atoms with Gasteiger partial charge in [-0.25, -0.2) is 0 Å². The van der Waals surface area contributed by atoms with E-state index in [9.17, 15) is 0 Å². The van der Waals surface area contributed by atoms with Gasteiger partial charge < -0.3 is 5.32 Å². The van der Waals surface area contributed by atoms with E-state index in [2.05, 4.69) is 31.0 Å². The predicted molar refractivity (Wildman–Crippen MR) is 74.3 cm³/mol. The SMILES string of the molecule is CCCC1(CN(CC2CC2)C(C)C)CCCN1. The van der Waals surface area contributed by atoms with Crippen LogP contribution in [-0.4, -0.2) is 36.1 Å². The molecule has 1 aliphatic heterocycles. The summed E-state index contributed by atoms with van der Waals surface area (Å²) in [6.45, 7) is 10.9. The van der Waals surface area contributed by atoms with Crippen molar-refractivity contribution in [3.63, 3.8) is 0 Å². The Labute approximate surface area is 107 Å². The van der Waals surface area contributed by atoms with Crippen molar-refractivity contribution in [2.45, 2.75) is 70.9 Å². The normalized spacial score (nSPS) is 29.5. The maximum atomic E-state index is 3.81. The van der Waals surface area contributed by atoms with E-state index in [-0.39, 0.29) is 0 Å². The van der Waals surface area contributed by atoms with E-state index in [0.29, 0.717) is 11.6 Å². The quantitative estimate of drug-likeness (QED) is 0.733. The van der Waals surface area contributed by atoms with Crippen LogP contribution in [-0.2, 0) is 0 Å². The maximum absolute atomic E-state index is 3.81. The molecule has 0 bridgehead atoms. The molecule has 0 aromatic rings. The average Bonchev–Trinajstić information content (AvgIpc) is 2.98. The molecule has 2 nitrogen and oxygen atoms in total. The summed E-state index contributed by atoms with van der Waals surface area (Å²) in [7, 11) is 0. The number of rotatable bonds is 7. The molecule has 17 heavy (non-hydrogen) atoms. The lowest BCUT2D eigenvalue weighted by molar-refractivity contribution is 0.145. The van der Waals surface area contributed by atoms with Crippen LogP contribution in [0, 0.1) is 5.92 Å². The van der Waals surface area contributed by atoms with Gasteiger partial charge in [-0.05, 0) is 58.4 Å². The third kappa shape index (κ3) is 3.69. The van der Waals surface area contributed by atoms with Crippen LogP contribution in [0.5, 0.6) is 0 Å². The van der Waals surface area contributed by atoms with Crippen LogP contribution >= 0.6 is 0 Å². The van der Waals surface area contributed by atoms with Crippen LogP contribution in [0.15, 0.2) is 0 Å². The third-order valence-electron chi connectivity index (χ3n) is 4.49. The summed E-state index contributed by atoms with van der Waals surface area (Å²) < 4.78 is 0. The van der Waals surface area contributed by atoms with Crippen molar-refractivity contribution in [1.29, 1.82) is 0 Å². The first-order chi connectivity index (χ1) is 8.15. The fourth-order valence-corrected chi connectivity index (χ4v) is 3.25. The van der Waals surface area contributed by atoms with Gasteiger partial charge in [0.2, 0.25) is 0 Å². The fraction of sp³-hybridized carbons (Fsp3) is 1.00. The summed E-state index contributed by atoms with van der Waals surface area (Å²) in [5.41, 5.74) is 0.438. The molecule has 2 aliphatic rings. The van der Waals surface area contributed by atoms with E-state index in [1.807, 2.05) is 0 Å². The van der Waals surface area contributed by atoms with Gasteiger partial charge in [-0.2, -0.15) is 0 Å². The molecule has 1 atom stereocenters. The Morgan fingerprint density at radius 1 is 1.35 bits per heavy atom. The molecule has 1 N–H and O–H groups in total. The Hall–Kier alpha value is -0.0800. The molecule has 1 heterocycles. The van der Waals surface area contributed by atoms with Crippen molar-refractivity contribution < 1.29 is 0 Å². The molecule has 0 amide bonds. The Bertz CT molecular complexity index is 227. The van der Waals surface area contributed by atoms with Crippen LogP contribution in [0.25, 0.3) is 0 Å². The van der Waals surface area contributed by atoms with Crippen LogP contribution in [0.3, 0.4) is 0 Å². The summed E-state index contributed by atoms with van der Waals surface area (Å²) in [5.74, 6) is 1.01. The molecule has 100 valence electrons. The van der Waals surface area contributed by atoms with E-state index in [4.69, 9.17) is 0 Å². The molecule has 2 heteroatoms. The summed E-state index contributed by atoms with van der Waals surface area (Å²) in [5, 5.41) is 3.81. The van der Waals surface area contributed by atoms with Gasteiger partial charge in [-0.15, -0.1) is 0 Å². The highest BCUT2D eigenvalue weighted by Gasteiger charge is 2.36. The van der Waals surface area contributed by atoms with Gasteiger partial charge in [0.1, 0.15) is 0 Å². The van der Waals surface area contributed by atoms with Gasteiger partial charge >= 0.3 is 0 Å². The molecule has 0 radical (unpaired) electrons. The van der Waals surface area contributed by atoms with Crippen molar-refractivity contribution in [3.8, 4) is 0 Å². The van der Waals surface area contributed by atoms with E-state index < -0.39 is 0 Å². The molecule has 1 unspecified atom stereocenters. The van der Waals surface area contributed by atoms with Gasteiger partial charge in [0.25, 0.3) is 0 Å². The maximum Gasteiger partial charge on any atom is 0.0309 e. The first-order valence-electron chi connectivity index (χ1n) is 7.64. The van der Waals surface area contributed by atoms with Gasteiger partial charge in [0.05, 0.1) is 0 Å². The number of nitrogens with zero attached hydrogens (tertiary/aromatic N) is 1. The minimum absolute atomic E-state index is 0.438. The van der Waals surface area contributed by atoms with Crippen molar-refractivity contribution >= 4 is 0 Å². The van der Waals surface area contributed by atoms with Gasteiger partial charge in [0.15, 0.2) is 0 Å². The predicted octanol–water partition coefficient (Wildman–Crippen LogP) is 3.03. The molecule has 2 rings (SSSR count). The Morgan fingerprint density at radius 3 is 2.59 bits per heavy atom. The van der Waals surface area contributed by atoms with Crippen molar-refractivity contribution in [2.75, 3.05) is 19.6 Å². The van der Waals surface area contributed by atoms with Crippen LogP contribution in [0.1, 0.15) is 59.3 Å². The zero-order chi connectivity index (χ0) is 12.3. The molecular weight excluding hydrogens is 208 g/mol.